The third-order valence-corrected chi connectivity index (χ3v) is 6.87. The molecule has 0 atom stereocenters. The van der Waals surface area contributed by atoms with Crippen LogP contribution in [0.1, 0.15) is 42.3 Å². The molecule has 0 spiro atoms. The first-order chi connectivity index (χ1) is 18.0. The van der Waals surface area contributed by atoms with Crippen molar-refractivity contribution in [1.82, 2.24) is 4.90 Å². The zero-order valence-electron chi connectivity index (χ0n) is 22.6. The van der Waals surface area contributed by atoms with E-state index in [9.17, 15) is 9.59 Å². The van der Waals surface area contributed by atoms with E-state index >= 15 is 0 Å². The Labute approximate surface area is 229 Å². The second-order valence-corrected chi connectivity index (χ2v) is 10.9. The lowest BCUT2D eigenvalue weighted by Gasteiger charge is -2.36. The van der Waals surface area contributed by atoms with E-state index in [1.54, 1.807) is 4.90 Å². The number of carbonyl (C=O) groups is 2. The summed E-state index contributed by atoms with van der Waals surface area (Å²) >= 11 is 6.29. The average molecular weight is 535 g/mol. The Morgan fingerprint density at radius 3 is 2.16 bits per heavy atom. The number of benzene rings is 3. The quantitative estimate of drug-likeness (QED) is 0.368. The number of rotatable bonds is 5. The van der Waals surface area contributed by atoms with Crippen molar-refractivity contribution in [2.45, 2.75) is 40.2 Å². The van der Waals surface area contributed by atoms with Crippen LogP contribution in [0.15, 0.2) is 60.7 Å². The maximum atomic E-state index is 13.3. The van der Waals surface area contributed by atoms with Crippen molar-refractivity contribution in [3.63, 3.8) is 0 Å². The number of nitrogens with zero attached hydrogens (tertiary/aromatic N) is 2. The highest BCUT2D eigenvalue weighted by Crippen LogP contribution is 2.30. The summed E-state index contributed by atoms with van der Waals surface area (Å²) in [5, 5.41) is 7.08. The monoisotopic (exact) mass is 534 g/mol. The Morgan fingerprint density at radius 1 is 0.868 bits per heavy atom. The number of aryl methyl sites for hydroxylation is 1. The number of amides is 2. The van der Waals surface area contributed by atoms with Crippen LogP contribution in [-0.4, -0.2) is 48.7 Å². The Hall–Kier alpha value is -3.71. The minimum atomic E-state index is -0.502. The molecule has 0 unspecified atom stereocenters. The van der Waals surface area contributed by atoms with Crippen LogP contribution >= 0.6 is 11.6 Å². The summed E-state index contributed by atoms with van der Waals surface area (Å²) in [7, 11) is 0. The van der Waals surface area contributed by atoms with Crippen LogP contribution in [0.25, 0.3) is 0 Å². The Morgan fingerprint density at radius 2 is 1.50 bits per heavy atom. The number of anilines is 4. The highest BCUT2D eigenvalue weighted by Gasteiger charge is 2.26. The van der Waals surface area contributed by atoms with Crippen LogP contribution < -0.4 is 15.5 Å². The summed E-state index contributed by atoms with van der Waals surface area (Å²) in [5.41, 5.74) is 5.18. The molecular formula is C30H35ClN4O3. The van der Waals surface area contributed by atoms with Gasteiger partial charge < -0.3 is 25.2 Å². The fourth-order valence-electron chi connectivity index (χ4n) is 4.38. The fourth-order valence-corrected chi connectivity index (χ4v) is 4.56. The predicted octanol–water partition coefficient (Wildman–Crippen LogP) is 7.01. The SMILES string of the molecule is Cc1cccc(Nc2cccc(Cl)c2C)c1C(=O)Nc1ccc(N2CCN(C(=O)OC(C)(C)C)CC2)cc1. The molecule has 7 nitrogen and oxygen atoms in total. The minimum Gasteiger partial charge on any atom is -0.444 e. The van der Waals surface area contributed by atoms with E-state index in [0.29, 0.717) is 48.1 Å². The predicted molar refractivity (Wildman–Crippen MR) is 155 cm³/mol. The van der Waals surface area contributed by atoms with E-state index in [4.69, 9.17) is 16.3 Å². The molecule has 1 heterocycles. The zero-order chi connectivity index (χ0) is 27.4. The molecule has 4 rings (SSSR count). The maximum Gasteiger partial charge on any atom is 0.410 e. The Balaban J connectivity index is 1.41. The number of ether oxygens (including phenoxy) is 1. The molecule has 0 saturated carbocycles. The van der Waals surface area contributed by atoms with Gasteiger partial charge in [-0.1, -0.05) is 29.8 Å². The molecular weight excluding hydrogens is 500 g/mol. The van der Waals surface area contributed by atoms with E-state index in [1.807, 2.05) is 95.3 Å². The van der Waals surface area contributed by atoms with Gasteiger partial charge in [0.15, 0.2) is 0 Å². The number of halogens is 1. The van der Waals surface area contributed by atoms with Gasteiger partial charge in [0, 0.05) is 48.3 Å². The molecule has 2 N–H and O–H groups in total. The van der Waals surface area contributed by atoms with Gasteiger partial charge in [-0.25, -0.2) is 4.79 Å². The number of carbonyl (C=O) groups excluding carboxylic acids is 2. The fraction of sp³-hybridized carbons (Fsp3) is 0.333. The molecule has 200 valence electrons. The molecule has 1 aliphatic heterocycles. The van der Waals surface area contributed by atoms with Gasteiger partial charge in [-0.3, -0.25) is 4.79 Å². The summed E-state index contributed by atoms with van der Waals surface area (Å²) in [5.74, 6) is -0.191. The van der Waals surface area contributed by atoms with Gasteiger partial charge >= 0.3 is 6.09 Å². The van der Waals surface area contributed by atoms with Crippen LogP contribution in [0.2, 0.25) is 5.02 Å². The normalized spacial score (nSPS) is 13.7. The van der Waals surface area contributed by atoms with Gasteiger partial charge in [0.05, 0.1) is 11.3 Å². The standard InChI is InChI=1S/C30H35ClN4O3/c1-20-8-6-11-26(33-25-10-7-9-24(31)21(25)2)27(20)28(36)32-22-12-14-23(15-13-22)34-16-18-35(19-17-34)29(37)38-30(3,4)5/h6-15,33H,16-19H2,1-5H3,(H,32,36). The first kappa shape index (κ1) is 27.3. The van der Waals surface area contributed by atoms with Crippen LogP contribution in [0, 0.1) is 13.8 Å². The van der Waals surface area contributed by atoms with Gasteiger partial charge in [0.2, 0.25) is 0 Å². The number of piperazine rings is 1. The van der Waals surface area contributed by atoms with E-state index in [-0.39, 0.29) is 12.0 Å². The van der Waals surface area contributed by atoms with Crippen LogP contribution in [0.4, 0.5) is 27.5 Å². The molecule has 2 amide bonds. The third-order valence-electron chi connectivity index (χ3n) is 6.46. The van der Waals surface area contributed by atoms with Crippen molar-refractivity contribution in [2.75, 3.05) is 41.7 Å². The van der Waals surface area contributed by atoms with E-state index in [2.05, 4.69) is 15.5 Å². The highest BCUT2D eigenvalue weighted by molar-refractivity contribution is 6.31. The van der Waals surface area contributed by atoms with Gasteiger partial charge in [-0.05, 0) is 88.2 Å². The third kappa shape index (κ3) is 6.58. The Bertz CT molecular complexity index is 1310. The summed E-state index contributed by atoms with van der Waals surface area (Å²) < 4.78 is 5.49. The lowest BCUT2D eigenvalue weighted by molar-refractivity contribution is 0.0240. The van der Waals surface area contributed by atoms with Gasteiger partial charge in [-0.15, -0.1) is 0 Å². The van der Waals surface area contributed by atoms with Crippen LogP contribution in [0.5, 0.6) is 0 Å². The molecule has 1 fully saturated rings. The Kier molecular flexibility index (Phi) is 8.17. The highest BCUT2D eigenvalue weighted by atomic mass is 35.5. The number of hydrogen-bond acceptors (Lipinski definition) is 5. The largest absolute Gasteiger partial charge is 0.444 e. The lowest BCUT2D eigenvalue weighted by Crippen LogP contribution is -2.50. The van der Waals surface area contributed by atoms with Gasteiger partial charge in [-0.2, -0.15) is 0 Å². The molecule has 8 heteroatoms. The van der Waals surface area contributed by atoms with Crippen molar-refractivity contribution in [3.05, 3.63) is 82.4 Å². The average Bonchev–Trinajstić information content (AvgIpc) is 2.86. The second-order valence-electron chi connectivity index (χ2n) is 10.5. The summed E-state index contributed by atoms with van der Waals surface area (Å²) in [6.45, 7) is 12.1. The minimum absolute atomic E-state index is 0.191. The molecule has 0 radical (unpaired) electrons. The maximum absolute atomic E-state index is 13.3. The molecule has 0 aromatic heterocycles. The smallest absolute Gasteiger partial charge is 0.410 e. The van der Waals surface area contributed by atoms with Crippen molar-refractivity contribution < 1.29 is 14.3 Å². The van der Waals surface area contributed by atoms with Crippen LogP contribution in [-0.2, 0) is 4.74 Å². The van der Waals surface area contributed by atoms with E-state index < -0.39 is 5.60 Å². The lowest BCUT2D eigenvalue weighted by atomic mass is 10.0. The molecule has 1 saturated heterocycles. The molecule has 0 aliphatic carbocycles. The van der Waals surface area contributed by atoms with Crippen molar-refractivity contribution in [1.29, 1.82) is 0 Å². The zero-order valence-corrected chi connectivity index (χ0v) is 23.4. The van der Waals surface area contributed by atoms with Crippen molar-refractivity contribution in [3.8, 4) is 0 Å². The summed E-state index contributed by atoms with van der Waals surface area (Å²) in [6.07, 6.45) is -0.272. The van der Waals surface area contributed by atoms with Crippen molar-refractivity contribution in [2.24, 2.45) is 0 Å². The van der Waals surface area contributed by atoms with Gasteiger partial charge in [0.1, 0.15) is 5.60 Å². The summed E-state index contributed by atoms with van der Waals surface area (Å²) in [4.78, 5) is 29.7. The van der Waals surface area contributed by atoms with Crippen molar-refractivity contribution >= 4 is 46.4 Å². The number of nitrogens with one attached hydrogen (secondary N) is 2. The van der Waals surface area contributed by atoms with Gasteiger partial charge in [0.25, 0.3) is 5.91 Å². The summed E-state index contributed by atoms with van der Waals surface area (Å²) in [6, 6.07) is 19.2. The van der Waals surface area contributed by atoms with E-state index in [0.717, 1.165) is 22.5 Å². The number of hydrogen-bond donors (Lipinski definition) is 2. The molecule has 38 heavy (non-hydrogen) atoms. The van der Waals surface area contributed by atoms with Crippen LogP contribution in [0.3, 0.4) is 0 Å². The molecule has 3 aromatic rings. The second kappa shape index (κ2) is 11.4. The van der Waals surface area contributed by atoms with E-state index in [1.165, 1.54) is 0 Å². The first-order valence-electron chi connectivity index (χ1n) is 12.8. The molecule has 0 bridgehead atoms. The molecule has 3 aromatic carbocycles. The first-order valence-corrected chi connectivity index (χ1v) is 13.2. The molecule has 1 aliphatic rings. The topological polar surface area (TPSA) is 73.9 Å².